The number of rotatable bonds is 10. The van der Waals surface area contributed by atoms with Crippen molar-refractivity contribution < 1.29 is 23.8 Å². The average Bonchev–Trinajstić information content (AvgIpc) is 3.64. The number of aromatic nitrogens is 2. The van der Waals surface area contributed by atoms with E-state index in [4.69, 9.17) is 9.47 Å². The second-order valence-corrected chi connectivity index (χ2v) is 10.3. The number of aliphatic hydroxyl groups excluding tert-OH is 1. The predicted molar refractivity (Wildman–Crippen MR) is 132 cm³/mol. The van der Waals surface area contributed by atoms with Crippen LogP contribution in [-0.4, -0.2) is 71.9 Å². The van der Waals surface area contributed by atoms with Crippen LogP contribution in [0.4, 0.5) is 10.3 Å². The minimum atomic E-state index is -0.451. The number of amides is 1. The molecule has 1 saturated carbocycles. The Balaban J connectivity index is 1.01. The summed E-state index contributed by atoms with van der Waals surface area (Å²) in [5, 5.41) is 9.32. The Morgan fingerprint density at radius 1 is 1.19 bits per heavy atom. The molecule has 0 radical (unpaired) electrons. The van der Waals surface area contributed by atoms with Crippen LogP contribution in [0.15, 0.2) is 30.6 Å². The molecule has 1 N–H and O–H groups in total. The van der Waals surface area contributed by atoms with Crippen LogP contribution >= 0.6 is 0 Å². The predicted octanol–water partition coefficient (Wildman–Crippen LogP) is 2.83. The molecule has 9 heteroatoms. The lowest BCUT2D eigenvalue weighted by molar-refractivity contribution is -0.140. The number of carbonyl (C=O) groups excluding carboxylic acids is 1. The fourth-order valence-corrected chi connectivity index (χ4v) is 5.48. The third kappa shape index (κ3) is 5.95. The van der Waals surface area contributed by atoms with Gasteiger partial charge in [-0.2, -0.15) is 0 Å². The highest BCUT2D eigenvalue weighted by atomic mass is 19.1. The normalized spacial score (nSPS) is 22.4. The summed E-state index contributed by atoms with van der Waals surface area (Å²) in [5.41, 5.74) is 1.34. The SMILES string of the molecule is COCc1cnc(N2CCC([C@H]3C[C@H]3CCOc3ccc(CC(=O)N4CC(O)C4)c(F)c3)CC2)nc1. The van der Waals surface area contributed by atoms with Crippen molar-refractivity contribution in [2.75, 3.05) is 44.8 Å². The molecule has 2 aliphatic heterocycles. The number of halogens is 1. The van der Waals surface area contributed by atoms with E-state index in [1.807, 2.05) is 12.4 Å². The second kappa shape index (κ2) is 11.1. The lowest BCUT2D eigenvalue weighted by Crippen LogP contribution is -2.54. The lowest BCUT2D eigenvalue weighted by Gasteiger charge is -2.35. The number of aliphatic hydroxyl groups is 1. The topological polar surface area (TPSA) is 88.0 Å². The van der Waals surface area contributed by atoms with Crippen molar-refractivity contribution in [2.24, 2.45) is 17.8 Å². The molecule has 1 aliphatic carbocycles. The number of benzene rings is 1. The maximum Gasteiger partial charge on any atom is 0.227 e. The molecule has 0 bridgehead atoms. The van der Waals surface area contributed by atoms with Crippen molar-refractivity contribution >= 4 is 11.9 Å². The molecule has 2 aromatic rings. The molecule has 3 fully saturated rings. The Morgan fingerprint density at radius 2 is 1.94 bits per heavy atom. The van der Waals surface area contributed by atoms with E-state index in [-0.39, 0.29) is 12.3 Å². The summed E-state index contributed by atoms with van der Waals surface area (Å²) < 4.78 is 25.4. The van der Waals surface area contributed by atoms with Crippen molar-refractivity contribution in [3.63, 3.8) is 0 Å². The summed E-state index contributed by atoms with van der Waals surface area (Å²) in [7, 11) is 1.67. The molecule has 5 rings (SSSR count). The first kappa shape index (κ1) is 24.9. The zero-order valence-electron chi connectivity index (χ0n) is 20.8. The number of β-amino-alcohol motifs (C(OH)–C–C–N with tert-alkyl or cyclic N) is 1. The van der Waals surface area contributed by atoms with Gasteiger partial charge in [-0.1, -0.05) is 6.07 Å². The van der Waals surface area contributed by atoms with Crippen LogP contribution in [-0.2, 0) is 22.6 Å². The van der Waals surface area contributed by atoms with Crippen molar-refractivity contribution in [1.29, 1.82) is 0 Å². The van der Waals surface area contributed by atoms with Gasteiger partial charge in [0.25, 0.3) is 0 Å². The number of likely N-dealkylation sites (tertiary alicyclic amines) is 1. The van der Waals surface area contributed by atoms with E-state index in [1.54, 1.807) is 24.1 Å². The first-order valence-corrected chi connectivity index (χ1v) is 12.9. The van der Waals surface area contributed by atoms with Crippen molar-refractivity contribution in [1.82, 2.24) is 14.9 Å². The molecule has 36 heavy (non-hydrogen) atoms. The monoisotopic (exact) mass is 498 g/mol. The molecule has 1 aromatic heterocycles. The highest BCUT2D eigenvalue weighted by Gasteiger charge is 2.43. The smallest absolute Gasteiger partial charge is 0.227 e. The standard InChI is InChI=1S/C27H35FN4O4/c1-35-17-18-13-29-27(30-14-18)31-7-4-19(5-8-31)24-10-20(24)6-9-36-23-3-2-21(25(28)12-23)11-26(34)32-15-22(33)16-32/h2-3,12-14,19-20,22,24,33H,4-11,15-17H2,1H3/t20-,24-/m1/s1. The van der Waals surface area contributed by atoms with Crippen LogP contribution < -0.4 is 9.64 Å². The molecular weight excluding hydrogens is 463 g/mol. The summed E-state index contributed by atoms with van der Waals surface area (Å²) in [6.07, 6.45) is 7.78. The van der Waals surface area contributed by atoms with Crippen molar-refractivity contribution in [2.45, 2.75) is 44.8 Å². The molecule has 3 aliphatic rings. The van der Waals surface area contributed by atoms with E-state index in [9.17, 15) is 14.3 Å². The fraction of sp³-hybridized carbons (Fsp3) is 0.593. The first-order valence-electron chi connectivity index (χ1n) is 12.9. The molecule has 3 heterocycles. The molecule has 2 saturated heterocycles. The maximum atomic E-state index is 14.5. The molecule has 2 atom stereocenters. The quantitative estimate of drug-likeness (QED) is 0.539. The van der Waals surface area contributed by atoms with Gasteiger partial charge in [0.15, 0.2) is 0 Å². The highest BCUT2D eigenvalue weighted by molar-refractivity contribution is 5.79. The van der Waals surface area contributed by atoms with Crippen LogP contribution in [0, 0.1) is 23.6 Å². The van der Waals surface area contributed by atoms with Gasteiger partial charge in [0.2, 0.25) is 11.9 Å². The number of piperidine rings is 1. The Morgan fingerprint density at radius 3 is 2.61 bits per heavy atom. The number of hydrogen-bond acceptors (Lipinski definition) is 7. The summed E-state index contributed by atoms with van der Waals surface area (Å²) in [6, 6.07) is 4.74. The molecule has 0 spiro atoms. The van der Waals surface area contributed by atoms with Gasteiger partial charge in [-0.15, -0.1) is 0 Å². The van der Waals surface area contributed by atoms with E-state index in [0.717, 1.165) is 55.7 Å². The first-order chi connectivity index (χ1) is 17.5. The van der Waals surface area contributed by atoms with Gasteiger partial charge in [0.05, 0.1) is 25.7 Å². The molecule has 1 amide bonds. The van der Waals surface area contributed by atoms with Crippen LogP contribution in [0.2, 0.25) is 0 Å². The van der Waals surface area contributed by atoms with Crippen molar-refractivity contribution in [3.8, 4) is 5.75 Å². The molecule has 0 unspecified atom stereocenters. The summed E-state index contributed by atoms with van der Waals surface area (Å²) in [4.78, 5) is 24.9. The van der Waals surface area contributed by atoms with E-state index >= 15 is 0 Å². The largest absolute Gasteiger partial charge is 0.493 e. The number of ether oxygens (including phenoxy) is 2. The lowest BCUT2D eigenvalue weighted by atomic mass is 9.90. The molecule has 8 nitrogen and oxygen atoms in total. The van der Waals surface area contributed by atoms with Crippen LogP contribution in [0.1, 0.15) is 36.8 Å². The van der Waals surface area contributed by atoms with Crippen LogP contribution in [0.3, 0.4) is 0 Å². The Hall–Kier alpha value is -2.78. The number of nitrogens with zero attached hydrogens (tertiary/aromatic N) is 4. The summed E-state index contributed by atoms with van der Waals surface area (Å²) >= 11 is 0. The second-order valence-electron chi connectivity index (χ2n) is 10.3. The molecule has 194 valence electrons. The van der Waals surface area contributed by atoms with Gasteiger partial charge in [-0.25, -0.2) is 14.4 Å². The number of carbonyl (C=O) groups is 1. The van der Waals surface area contributed by atoms with E-state index in [2.05, 4.69) is 14.9 Å². The van der Waals surface area contributed by atoms with Gasteiger partial charge in [-0.3, -0.25) is 4.79 Å². The van der Waals surface area contributed by atoms with Crippen LogP contribution in [0.5, 0.6) is 5.75 Å². The van der Waals surface area contributed by atoms with Gasteiger partial charge < -0.3 is 24.4 Å². The number of hydrogen-bond donors (Lipinski definition) is 1. The Bertz CT molecular complexity index is 1040. The summed E-state index contributed by atoms with van der Waals surface area (Å²) in [5.74, 6) is 2.90. The zero-order chi connectivity index (χ0) is 25.1. The Kier molecular flexibility index (Phi) is 7.67. The number of anilines is 1. The Labute approximate surface area is 211 Å². The van der Waals surface area contributed by atoms with Crippen molar-refractivity contribution in [3.05, 3.63) is 47.5 Å². The molecule has 1 aromatic carbocycles. The third-order valence-corrected chi connectivity index (χ3v) is 7.75. The van der Waals surface area contributed by atoms with Gasteiger partial charge >= 0.3 is 0 Å². The van der Waals surface area contributed by atoms with E-state index in [0.29, 0.717) is 43.5 Å². The van der Waals surface area contributed by atoms with Gasteiger partial charge in [0.1, 0.15) is 11.6 Å². The highest BCUT2D eigenvalue weighted by Crippen LogP contribution is 2.49. The minimum Gasteiger partial charge on any atom is -0.493 e. The molecular formula is C27H35FN4O4. The van der Waals surface area contributed by atoms with Gasteiger partial charge in [-0.05, 0) is 55.1 Å². The fourth-order valence-electron chi connectivity index (χ4n) is 5.48. The van der Waals surface area contributed by atoms with E-state index < -0.39 is 11.9 Å². The van der Waals surface area contributed by atoms with Crippen LogP contribution in [0.25, 0.3) is 0 Å². The zero-order valence-corrected chi connectivity index (χ0v) is 20.8. The third-order valence-electron chi connectivity index (χ3n) is 7.75. The van der Waals surface area contributed by atoms with Gasteiger partial charge in [0, 0.05) is 57.3 Å². The minimum absolute atomic E-state index is 0.00660. The maximum absolute atomic E-state index is 14.5. The average molecular weight is 499 g/mol. The van der Waals surface area contributed by atoms with E-state index in [1.165, 1.54) is 12.5 Å². The summed E-state index contributed by atoms with van der Waals surface area (Å²) in [6.45, 7) is 3.74. The number of methoxy groups -OCH3 is 1.